The fraction of sp³-hybridized carbons (Fsp3) is 0.429. The molecule has 0 spiro atoms. The molecule has 7 heteroatoms. The standard InChI is InChI=1S/C14H17ClN2O4/c15-10-1-2-11(13(18)19)12(7-10)17-14(20)16-5-3-9-4-6-21-8-9/h1-2,7,9H,3-6,8H2,(H,18,19)(H2,16,17,20). The maximum Gasteiger partial charge on any atom is 0.337 e. The number of hydrogen-bond donors (Lipinski definition) is 3. The summed E-state index contributed by atoms with van der Waals surface area (Å²) >= 11 is 5.82. The number of carbonyl (C=O) groups is 2. The van der Waals surface area contributed by atoms with E-state index in [2.05, 4.69) is 10.6 Å². The number of rotatable bonds is 5. The molecule has 21 heavy (non-hydrogen) atoms. The van der Waals surface area contributed by atoms with E-state index in [0.717, 1.165) is 26.1 Å². The van der Waals surface area contributed by atoms with Gasteiger partial charge in [0.05, 0.1) is 11.3 Å². The Morgan fingerprint density at radius 2 is 2.24 bits per heavy atom. The van der Waals surface area contributed by atoms with Crippen molar-refractivity contribution in [2.75, 3.05) is 25.1 Å². The van der Waals surface area contributed by atoms with Gasteiger partial charge in [-0.1, -0.05) is 11.6 Å². The van der Waals surface area contributed by atoms with Crippen molar-refractivity contribution >= 4 is 29.3 Å². The van der Waals surface area contributed by atoms with E-state index in [1.165, 1.54) is 18.2 Å². The lowest BCUT2D eigenvalue weighted by Crippen LogP contribution is -2.31. The summed E-state index contributed by atoms with van der Waals surface area (Å²) in [7, 11) is 0. The van der Waals surface area contributed by atoms with Crippen molar-refractivity contribution in [3.05, 3.63) is 28.8 Å². The quantitative estimate of drug-likeness (QED) is 0.780. The van der Waals surface area contributed by atoms with Crippen LogP contribution in [0.5, 0.6) is 0 Å². The highest BCUT2D eigenvalue weighted by Gasteiger charge is 2.16. The lowest BCUT2D eigenvalue weighted by Gasteiger charge is -2.11. The zero-order chi connectivity index (χ0) is 15.2. The molecule has 1 aromatic carbocycles. The van der Waals surface area contributed by atoms with Crippen LogP contribution < -0.4 is 10.6 Å². The summed E-state index contributed by atoms with van der Waals surface area (Å²) in [4.78, 5) is 22.9. The van der Waals surface area contributed by atoms with Gasteiger partial charge < -0.3 is 20.5 Å². The van der Waals surface area contributed by atoms with Crippen molar-refractivity contribution in [3.8, 4) is 0 Å². The number of nitrogens with one attached hydrogen (secondary N) is 2. The summed E-state index contributed by atoms with van der Waals surface area (Å²) in [6.07, 6.45) is 1.86. The molecule has 0 saturated carbocycles. The van der Waals surface area contributed by atoms with Crippen molar-refractivity contribution in [2.24, 2.45) is 5.92 Å². The van der Waals surface area contributed by atoms with Gasteiger partial charge in [-0.3, -0.25) is 0 Å². The van der Waals surface area contributed by atoms with Crippen molar-refractivity contribution in [1.82, 2.24) is 5.32 Å². The van der Waals surface area contributed by atoms with Crippen molar-refractivity contribution in [1.29, 1.82) is 0 Å². The van der Waals surface area contributed by atoms with E-state index >= 15 is 0 Å². The summed E-state index contributed by atoms with van der Waals surface area (Å²) in [5.41, 5.74) is 0.176. The molecule has 1 aliphatic rings. The predicted molar refractivity (Wildman–Crippen MR) is 79.0 cm³/mol. The first-order valence-corrected chi connectivity index (χ1v) is 7.09. The van der Waals surface area contributed by atoms with Crippen molar-refractivity contribution < 1.29 is 19.4 Å². The highest BCUT2D eigenvalue weighted by atomic mass is 35.5. The van der Waals surface area contributed by atoms with Crippen LogP contribution in [0.3, 0.4) is 0 Å². The lowest BCUT2D eigenvalue weighted by atomic mass is 10.1. The van der Waals surface area contributed by atoms with E-state index in [1.54, 1.807) is 0 Å². The molecule has 6 nitrogen and oxygen atoms in total. The first-order chi connectivity index (χ1) is 10.1. The number of carboxylic acid groups (broad SMARTS) is 1. The number of halogens is 1. The van der Waals surface area contributed by atoms with Gasteiger partial charge in [-0.15, -0.1) is 0 Å². The summed E-state index contributed by atoms with van der Waals surface area (Å²) in [6.45, 7) is 2.03. The molecule has 1 heterocycles. The van der Waals surface area contributed by atoms with Crippen LogP contribution in [0.1, 0.15) is 23.2 Å². The molecule has 0 bridgehead atoms. The molecule has 1 atom stereocenters. The van der Waals surface area contributed by atoms with Crippen LogP contribution in [0, 0.1) is 5.92 Å². The third kappa shape index (κ3) is 4.61. The van der Waals surface area contributed by atoms with Gasteiger partial charge in [0.2, 0.25) is 0 Å². The van der Waals surface area contributed by atoms with Crippen LogP contribution in [0.4, 0.5) is 10.5 Å². The van der Waals surface area contributed by atoms with E-state index < -0.39 is 12.0 Å². The van der Waals surface area contributed by atoms with E-state index in [1.807, 2.05) is 0 Å². The van der Waals surface area contributed by atoms with Crippen LogP contribution in [0.15, 0.2) is 18.2 Å². The van der Waals surface area contributed by atoms with E-state index in [0.29, 0.717) is 17.5 Å². The Balaban J connectivity index is 1.86. The van der Waals surface area contributed by atoms with Gasteiger partial charge in [-0.05, 0) is 37.0 Å². The number of carbonyl (C=O) groups excluding carboxylic acids is 1. The second-order valence-corrected chi connectivity index (χ2v) is 5.33. The third-order valence-corrected chi connectivity index (χ3v) is 3.56. The van der Waals surface area contributed by atoms with E-state index in [9.17, 15) is 9.59 Å². The number of urea groups is 1. The number of carboxylic acids is 1. The predicted octanol–water partition coefficient (Wildman–Crippen LogP) is 2.59. The Hall–Kier alpha value is -1.79. The summed E-state index contributed by atoms with van der Waals surface area (Å²) < 4.78 is 5.26. The molecule has 1 saturated heterocycles. The second kappa shape index (κ2) is 7.28. The summed E-state index contributed by atoms with van der Waals surface area (Å²) in [5, 5.41) is 14.6. The molecule has 0 aromatic heterocycles. The first-order valence-electron chi connectivity index (χ1n) is 6.71. The Morgan fingerprint density at radius 3 is 2.90 bits per heavy atom. The maximum absolute atomic E-state index is 11.8. The fourth-order valence-electron chi connectivity index (χ4n) is 2.17. The topological polar surface area (TPSA) is 87.7 Å². The summed E-state index contributed by atoms with van der Waals surface area (Å²) in [5.74, 6) is -0.642. The molecule has 2 rings (SSSR count). The molecule has 1 aliphatic heterocycles. The van der Waals surface area contributed by atoms with Crippen LogP contribution >= 0.6 is 11.6 Å². The van der Waals surface area contributed by atoms with Crippen LogP contribution in [0.2, 0.25) is 5.02 Å². The molecule has 114 valence electrons. The maximum atomic E-state index is 11.8. The minimum absolute atomic E-state index is 0.00116. The van der Waals surface area contributed by atoms with Crippen LogP contribution in [0.25, 0.3) is 0 Å². The third-order valence-electron chi connectivity index (χ3n) is 3.32. The lowest BCUT2D eigenvalue weighted by molar-refractivity contribution is 0.0698. The Kier molecular flexibility index (Phi) is 5.41. The molecule has 1 fully saturated rings. The fourth-order valence-corrected chi connectivity index (χ4v) is 2.35. The molecular formula is C14H17ClN2O4. The number of hydrogen-bond acceptors (Lipinski definition) is 3. The SMILES string of the molecule is O=C(NCCC1CCOC1)Nc1cc(Cl)ccc1C(=O)O. The minimum Gasteiger partial charge on any atom is -0.478 e. The highest BCUT2D eigenvalue weighted by Crippen LogP contribution is 2.21. The number of anilines is 1. The molecule has 3 N–H and O–H groups in total. The number of amides is 2. The van der Waals surface area contributed by atoms with Gasteiger partial charge in [0.1, 0.15) is 0 Å². The van der Waals surface area contributed by atoms with Crippen LogP contribution in [-0.2, 0) is 4.74 Å². The van der Waals surface area contributed by atoms with E-state index in [-0.39, 0.29) is 11.3 Å². The largest absolute Gasteiger partial charge is 0.478 e. The van der Waals surface area contributed by atoms with Crippen LogP contribution in [-0.4, -0.2) is 36.9 Å². The summed E-state index contributed by atoms with van der Waals surface area (Å²) in [6, 6.07) is 3.79. The number of ether oxygens (including phenoxy) is 1. The number of benzene rings is 1. The first kappa shape index (κ1) is 15.6. The van der Waals surface area contributed by atoms with Gasteiger partial charge in [0.15, 0.2) is 0 Å². The Morgan fingerprint density at radius 1 is 1.43 bits per heavy atom. The minimum atomic E-state index is -1.12. The highest BCUT2D eigenvalue weighted by molar-refractivity contribution is 6.31. The zero-order valence-corrected chi connectivity index (χ0v) is 12.2. The molecule has 1 aromatic rings. The monoisotopic (exact) mass is 312 g/mol. The van der Waals surface area contributed by atoms with Gasteiger partial charge in [0.25, 0.3) is 0 Å². The number of aromatic carboxylic acids is 1. The second-order valence-electron chi connectivity index (χ2n) is 4.89. The van der Waals surface area contributed by atoms with E-state index in [4.69, 9.17) is 21.4 Å². The molecule has 2 amide bonds. The smallest absolute Gasteiger partial charge is 0.337 e. The molecule has 0 radical (unpaired) electrons. The van der Waals surface area contributed by atoms with Gasteiger partial charge in [0, 0.05) is 24.8 Å². The van der Waals surface area contributed by atoms with Gasteiger partial charge >= 0.3 is 12.0 Å². The van der Waals surface area contributed by atoms with Crippen molar-refractivity contribution in [2.45, 2.75) is 12.8 Å². The van der Waals surface area contributed by atoms with Gasteiger partial charge in [-0.2, -0.15) is 0 Å². The average Bonchev–Trinajstić information content (AvgIpc) is 2.91. The average molecular weight is 313 g/mol. The molecular weight excluding hydrogens is 296 g/mol. The Labute approximate surface area is 127 Å². The Bertz CT molecular complexity index is 530. The zero-order valence-electron chi connectivity index (χ0n) is 11.4. The van der Waals surface area contributed by atoms with Gasteiger partial charge in [-0.25, -0.2) is 9.59 Å². The molecule has 0 aliphatic carbocycles. The normalized spacial score (nSPS) is 17.5. The molecule has 1 unspecified atom stereocenters. The van der Waals surface area contributed by atoms with Crippen molar-refractivity contribution in [3.63, 3.8) is 0 Å².